The number of para-hydroxylation sites is 1. The number of hydrogen-bond acceptors (Lipinski definition) is 7. The summed E-state index contributed by atoms with van der Waals surface area (Å²) in [5, 5.41) is 5.85. The predicted molar refractivity (Wildman–Crippen MR) is 173 cm³/mol. The summed E-state index contributed by atoms with van der Waals surface area (Å²) in [4.78, 5) is 17.7. The quantitative estimate of drug-likeness (QED) is 0.221. The van der Waals surface area contributed by atoms with Gasteiger partial charge < -0.3 is 10.1 Å². The number of nitrogens with one attached hydrogen (secondary N) is 1. The minimum atomic E-state index is 0.329. The van der Waals surface area contributed by atoms with Crippen LogP contribution in [0, 0.1) is 5.92 Å². The van der Waals surface area contributed by atoms with Crippen LogP contribution < -0.4 is 5.32 Å². The molecule has 7 nitrogen and oxygen atoms in total. The number of hydrogen-bond donors (Lipinski definition) is 1. The number of halogens is 2. The van der Waals surface area contributed by atoms with Gasteiger partial charge in [-0.3, -0.25) is 14.7 Å². The highest BCUT2D eigenvalue weighted by Gasteiger charge is 2.34. The van der Waals surface area contributed by atoms with Gasteiger partial charge in [0.2, 0.25) is 0 Å². The lowest BCUT2D eigenvalue weighted by Gasteiger charge is -2.44. The maximum atomic E-state index is 6.49. The smallest absolute Gasteiger partial charge is 0.145 e. The first-order chi connectivity index (χ1) is 20.6. The highest BCUT2D eigenvalue weighted by atomic mass is 35.5. The number of ether oxygens (including phenoxy) is 1. The van der Waals surface area contributed by atoms with Crippen LogP contribution >= 0.6 is 23.2 Å². The fraction of sp³-hybridized carbons (Fsp3) is 0.576. The molecule has 2 saturated heterocycles. The molecule has 6 rings (SSSR count). The standard InChI is InChI=1S/C33H44Cl2N6O/c34-27-10-6-25(7-11-27)32(26-8-12-28(35)13-9-26)41-18-16-40(17-19-41)24-31-37-30-5-2-1-4-29(30)33(38-31)36-14-3-15-39-20-22-42-23-21-39/h1-2,4-7,10-11,26,28,32H,3,8-9,12-24H2,(H,36,37,38). The van der Waals surface area contributed by atoms with E-state index < -0.39 is 0 Å². The van der Waals surface area contributed by atoms with Crippen LogP contribution in [0.15, 0.2) is 48.5 Å². The number of rotatable bonds is 10. The molecule has 1 aliphatic carbocycles. The summed E-state index contributed by atoms with van der Waals surface area (Å²) < 4.78 is 5.48. The van der Waals surface area contributed by atoms with Gasteiger partial charge in [0.25, 0.3) is 0 Å². The van der Waals surface area contributed by atoms with Gasteiger partial charge in [0, 0.05) is 67.6 Å². The Morgan fingerprint density at radius 1 is 0.857 bits per heavy atom. The van der Waals surface area contributed by atoms with E-state index in [0.717, 1.165) is 119 Å². The van der Waals surface area contributed by atoms with Crippen LogP contribution in [0.1, 0.15) is 49.5 Å². The van der Waals surface area contributed by atoms with E-state index in [-0.39, 0.29) is 0 Å². The van der Waals surface area contributed by atoms with Crippen molar-refractivity contribution in [1.82, 2.24) is 24.7 Å². The summed E-state index contributed by atoms with van der Waals surface area (Å²) in [6, 6.07) is 17.3. The molecule has 3 fully saturated rings. The van der Waals surface area contributed by atoms with Gasteiger partial charge in [-0.2, -0.15) is 0 Å². The van der Waals surface area contributed by atoms with Gasteiger partial charge in [-0.1, -0.05) is 35.9 Å². The molecule has 0 bridgehead atoms. The molecule has 2 aromatic carbocycles. The van der Waals surface area contributed by atoms with E-state index in [9.17, 15) is 0 Å². The second-order valence-corrected chi connectivity index (χ2v) is 13.1. The molecule has 1 N–H and O–H groups in total. The van der Waals surface area contributed by atoms with E-state index in [1.807, 2.05) is 12.1 Å². The van der Waals surface area contributed by atoms with Crippen LogP contribution in [0.4, 0.5) is 5.82 Å². The molecule has 3 aromatic rings. The van der Waals surface area contributed by atoms with Gasteiger partial charge in [-0.05, 0) is 74.4 Å². The molecular formula is C33H44Cl2N6O. The Kier molecular flexibility index (Phi) is 10.5. The number of piperazine rings is 1. The SMILES string of the molecule is Clc1ccc(C(C2CCC(Cl)CC2)N2CCN(Cc3nc(NCCCN4CCOCC4)c4ccccc4n3)CC2)cc1. The van der Waals surface area contributed by atoms with E-state index in [0.29, 0.717) is 17.3 Å². The summed E-state index contributed by atoms with van der Waals surface area (Å²) in [7, 11) is 0. The molecule has 0 amide bonds. The van der Waals surface area contributed by atoms with Gasteiger partial charge in [0.05, 0.1) is 25.3 Å². The Labute approximate surface area is 260 Å². The van der Waals surface area contributed by atoms with Gasteiger partial charge in [-0.15, -0.1) is 11.6 Å². The van der Waals surface area contributed by atoms with Crippen molar-refractivity contribution in [3.05, 3.63) is 64.9 Å². The first-order valence-electron chi connectivity index (χ1n) is 15.8. The predicted octanol–water partition coefficient (Wildman–Crippen LogP) is 6.07. The van der Waals surface area contributed by atoms with Gasteiger partial charge in [0.15, 0.2) is 0 Å². The van der Waals surface area contributed by atoms with Gasteiger partial charge in [0.1, 0.15) is 11.6 Å². The zero-order valence-electron chi connectivity index (χ0n) is 24.6. The maximum absolute atomic E-state index is 6.49. The number of alkyl halides is 1. The van der Waals surface area contributed by atoms with E-state index in [2.05, 4.69) is 56.4 Å². The average Bonchev–Trinajstić information content (AvgIpc) is 3.02. The number of nitrogens with zero attached hydrogens (tertiary/aromatic N) is 5. The fourth-order valence-electron chi connectivity index (χ4n) is 6.90. The Morgan fingerprint density at radius 2 is 1.60 bits per heavy atom. The minimum absolute atomic E-state index is 0.329. The second-order valence-electron chi connectivity index (χ2n) is 12.1. The van der Waals surface area contributed by atoms with Crippen LogP contribution in [-0.4, -0.2) is 95.6 Å². The first-order valence-corrected chi connectivity index (χ1v) is 16.6. The number of fused-ring (bicyclic) bond motifs is 1. The topological polar surface area (TPSA) is 56.8 Å². The number of morpholine rings is 1. The third-order valence-electron chi connectivity index (χ3n) is 9.22. The van der Waals surface area contributed by atoms with Crippen LogP contribution in [0.25, 0.3) is 10.9 Å². The Bertz CT molecular complexity index is 1270. The molecule has 226 valence electrons. The molecule has 1 saturated carbocycles. The molecular weight excluding hydrogens is 567 g/mol. The number of benzene rings is 2. The third kappa shape index (κ3) is 7.74. The highest BCUT2D eigenvalue weighted by Crippen LogP contribution is 2.40. The molecule has 42 heavy (non-hydrogen) atoms. The lowest BCUT2D eigenvalue weighted by molar-refractivity contribution is 0.0378. The lowest BCUT2D eigenvalue weighted by Crippen LogP contribution is -2.49. The first kappa shape index (κ1) is 30.0. The zero-order valence-corrected chi connectivity index (χ0v) is 26.1. The van der Waals surface area contributed by atoms with Crippen molar-refractivity contribution >= 4 is 39.9 Å². The van der Waals surface area contributed by atoms with E-state index in [1.54, 1.807) is 0 Å². The Balaban J connectivity index is 1.09. The molecule has 0 radical (unpaired) electrons. The molecule has 1 unspecified atom stereocenters. The van der Waals surface area contributed by atoms with Crippen molar-refractivity contribution in [3.63, 3.8) is 0 Å². The van der Waals surface area contributed by atoms with Gasteiger partial charge >= 0.3 is 0 Å². The van der Waals surface area contributed by atoms with Crippen molar-refractivity contribution in [3.8, 4) is 0 Å². The summed E-state index contributed by atoms with van der Waals surface area (Å²) in [5.74, 6) is 2.48. The lowest BCUT2D eigenvalue weighted by atomic mass is 9.80. The Hall–Kier alpha value is -2.00. The maximum Gasteiger partial charge on any atom is 0.145 e. The van der Waals surface area contributed by atoms with E-state index in [1.165, 1.54) is 18.4 Å². The average molecular weight is 612 g/mol. The normalized spacial score (nSPS) is 23.7. The molecule has 3 aliphatic rings. The molecule has 1 aromatic heterocycles. The zero-order chi connectivity index (χ0) is 28.7. The summed E-state index contributed by atoms with van der Waals surface area (Å²) >= 11 is 12.7. The van der Waals surface area contributed by atoms with Crippen LogP contribution in [0.3, 0.4) is 0 Å². The molecule has 1 atom stereocenters. The largest absolute Gasteiger partial charge is 0.379 e. The van der Waals surface area contributed by atoms with Crippen LogP contribution in [0.2, 0.25) is 5.02 Å². The van der Waals surface area contributed by atoms with E-state index >= 15 is 0 Å². The third-order valence-corrected chi connectivity index (χ3v) is 9.91. The van der Waals surface area contributed by atoms with Gasteiger partial charge in [-0.25, -0.2) is 9.97 Å². The number of anilines is 1. The van der Waals surface area contributed by atoms with Crippen LogP contribution in [0.5, 0.6) is 0 Å². The highest BCUT2D eigenvalue weighted by molar-refractivity contribution is 6.30. The van der Waals surface area contributed by atoms with Crippen molar-refractivity contribution in [2.24, 2.45) is 5.92 Å². The minimum Gasteiger partial charge on any atom is -0.379 e. The molecule has 0 spiro atoms. The number of aromatic nitrogens is 2. The molecule has 9 heteroatoms. The molecule has 3 heterocycles. The van der Waals surface area contributed by atoms with Crippen molar-refractivity contribution in [2.75, 3.05) is 70.9 Å². The second kappa shape index (κ2) is 14.7. The summed E-state index contributed by atoms with van der Waals surface area (Å²) in [6.07, 6.45) is 5.68. The van der Waals surface area contributed by atoms with E-state index in [4.69, 9.17) is 37.9 Å². The van der Waals surface area contributed by atoms with Crippen molar-refractivity contribution < 1.29 is 4.74 Å². The van der Waals surface area contributed by atoms with Crippen LogP contribution in [-0.2, 0) is 11.3 Å². The monoisotopic (exact) mass is 610 g/mol. The molecule has 2 aliphatic heterocycles. The summed E-state index contributed by atoms with van der Waals surface area (Å²) in [5.41, 5.74) is 2.39. The Morgan fingerprint density at radius 3 is 2.36 bits per heavy atom. The fourth-order valence-corrected chi connectivity index (χ4v) is 7.28. The summed E-state index contributed by atoms with van der Waals surface area (Å²) in [6.45, 7) is 10.6. The van der Waals surface area contributed by atoms with Crippen molar-refractivity contribution in [1.29, 1.82) is 0 Å². The van der Waals surface area contributed by atoms with Crippen molar-refractivity contribution in [2.45, 2.75) is 50.1 Å².